The van der Waals surface area contributed by atoms with Crippen molar-refractivity contribution in [2.75, 3.05) is 5.32 Å². The number of carbonyl (C=O) groups is 1. The standard InChI is InChI=1S/C15H13FN4O/c1-9-7-11(16)3-4-12(9)19-15(21)13-8-10(2)20-14(18-13)5-6-17-20/h3-8H,1-2H3,(H,19,21). The predicted molar refractivity (Wildman–Crippen MR) is 76.8 cm³/mol. The summed E-state index contributed by atoms with van der Waals surface area (Å²) in [4.78, 5) is 16.5. The number of fused-ring (bicyclic) bond motifs is 1. The molecule has 0 spiro atoms. The molecule has 0 aliphatic carbocycles. The Labute approximate surface area is 120 Å². The van der Waals surface area contributed by atoms with Crippen molar-refractivity contribution in [3.05, 3.63) is 59.3 Å². The lowest BCUT2D eigenvalue weighted by atomic mass is 10.2. The average molecular weight is 284 g/mol. The molecule has 0 radical (unpaired) electrons. The molecule has 5 nitrogen and oxygen atoms in total. The molecule has 0 atom stereocenters. The van der Waals surface area contributed by atoms with Gasteiger partial charge >= 0.3 is 0 Å². The zero-order chi connectivity index (χ0) is 15.0. The van der Waals surface area contributed by atoms with E-state index in [1.54, 1.807) is 29.8 Å². The van der Waals surface area contributed by atoms with Crippen molar-refractivity contribution in [3.8, 4) is 0 Å². The molecule has 6 heteroatoms. The lowest BCUT2D eigenvalue weighted by Gasteiger charge is -2.09. The number of aromatic nitrogens is 3. The van der Waals surface area contributed by atoms with Crippen LogP contribution >= 0.6 is 0 Å². The second-order valence-corrected chi connectivity index (χ2v) is 4.80. The number of aryl methyl sites for hydroxylation is 2. The molecule has 0 aliphatic heterocycles. The molecular formula is C15H13FN4O. The summed E-state index contributed by atoms with van der Waals surface area (Å²) in [5.74, 6) is -0.670. The highest BCUT2D eigenvalue weighted by molar-refractivity contribution is 6.03. The Bertz CT molecular complexity index is 841. The molecule has 0 saturated heterocycles. The first-order valence-corrected chi connectivity index (χ1v) is 6.43. The Morgan fingerprint density at radius 3 is 2.81 bits per heavy atom. The van der Waals surface area contributed by atoms with Crippen LogP contribution in [0.2, 0.25) is 0 Å². The lowest BCUT2D eigenvalue weighted by molar-refractivity contribution is 0.102. The second kappa shape index (κ2) is 4.97. The molecule has 0 saturated carbocycles. The van der Waals surface area contributed by atoms with Crippen LogP contribution in [-0.4, -0.2) is 20.5 Å². The molecule has 2 heterocycles. The fraction of sp³-hybridized carbons (Fsp3) is 0.133. The van der Waals surface area contributed by atoms with Crippen LogP contribution in [0.1, 0.15) is 21.7 Å². The number of hydrogen-bond donors (Lipinski definition) is 1. The highest BCUT2D eigenvalue weighted by atomic mass is 19.1. The first kappa shape index (κ1) is 13.2. The Kier molecular flexibility index (Phi) is 3.13. The van der Waals surface area contributed by atoms with Crippen molar-refractivity contribution < 1.29 is 9.18 Å². The SMILES string of the molecule is Cc1cc(F)ccc1NC(=O)c1cc(C)n2nccc2n1. The van der Waals surface area contributed by atoms with Gasteiger partial charge in [0.25, 0.3) is 5.91 Å². The molecule has 106 valence electrons. The minimum absolute atomic E-state index is 0.296. The van der Waals surface area contributed by atoms with E-state index in [4.69, 9.17) is 0 Å². The Hall–Kier alpha value is -2.76. The van der Waals surface area contributed by atoms with Crippen LogP contribution in [0.15, 0.2) is 36.5 Å². The monoisotopic (exact) mass is 284 g/mol. The summed E-state index contributed by atoms with van der Waals surface area (Å²) in [6.45, 7) is 3.58. The molecule has 1 N–H and O–H groups in total. The van der Waals surface area contributed by atoms with Crippen molar-refractivity contribution in [3.63, 3.8) is 0 Å². The van der Waals surface area contributed by atoms with E-state index in [0.717, 1.165) is 5.69 Å². The third-order valence-electron chi connectivity index (χ3n) is 3.21. The third kappa shape index (κ3) is 2.47. The van der Waals surface area contributed by atoms with E-state index in [-0.39, 0.29) is 11.7 Å². The number of hydrogen-bond acceptors (Lipinski definition) is 3. The number of nitrogens with one attached hydrogen (secondary N) is 1. The van der Waals surface area contributed by atoms with E-state index in [2.05, 4.69) is 15.4 Å². The molecule has 0 unspecified atom stereocenters. The van der Waals surface area contributed by atoms with E-state index in [0.29, 0.717) is 22.6 Å². The third-order valence-corrected chi connectivity index (χ3v) is 3.21. The fourth-order valence-electron chi connectivity index (χ4n) is 2.14. The number of rotatable bonds is 2. The number of carbonyl (C=O) groups excluding carboxylic acids is 1. The van der Waals surface area contributed by atoms with Crippen LogP contribution in [0, 0.1) is 19.7 Å². The van der Waals surface area contributed by atoms with Gasteiger partial charge in [0.2, 0.25) is 0 Å². The van der Waals surface area contributed by atoms with Gasteiger partial charge in [-0.15, -0.1) is 0 Å². The van der Waals surface area contributed by atoms with Crippen LogP contribution in [-0.2, 0) is 0 Å². The molecule has 0 aliphatic rings. The van der Waals surface area contributed by atoms with Crippen molar-refractivity contribution in [2.24, 2.45) is 0 Å². The first-order valence-electron chi connectivity index (χ1n) is 6.43. The molecule has 0 fully saturated rings. The van der Waals surface area contributed by atoms with Crippen LogP contribution in [0.5, 0.6) is 0 Å². The fourth-order valence-corrected chi connectivity index (χ4v) is 2.14. The molecule has 3 aromatic rings. The minimum atomic E-state index is -0.337. The minimum Gasteiger partial charge on any atom is -0.320 e. The second-order valence-electron chi connectivity index (χ2n) is 4.80. The molecule has 3 rings (SSSR count). The van der Waals surface area contributed by atoms with Crippen molar-refractivity contribution >= 4 is 17.2 Å². The van der Waals surface area contributed by atoms with Gasteiger partial charge < -0.3 is 5.32 Å². The maximum absolute atomic E-state index is 13.1. The molecular weight excluding hydrogens is 271 g/mol. The van der Waals surface area contributed by atoms with Gasteiger partial charge in [0.05, 0.1) is 6.20 Å². The number of nitrogens with zero attached hydrogens (tertiary/aromatic N) is 3. The molecule has 1 amide bonds. The highest BCUT2D eigenvalue weighted by Gasteiger charge is 2.12. The largest absolute Gasteiger partial charge is 0.320 e. The Morgan fingerprint density at radius 1 is 1.24 bits per heavy atom. The number of anilines is 1. The summed E-state index contributed by atoms with van der Waals surface area (Å²) in [6.07, 6.45) is 1.63. The molecule has 21 heavy (non-hydrogen) atoms. The van der Waals surface area contributed by atoms with Gasteiger partial charge in [-0.05, 0) is 43.7 Å². The topological polar surface area (TPSA) is 59.3 Å². The number of amides is 1. The van der Waals surface area contributed by atoms with Gasteiger partial charge in [-0.25, -0.2) is 13.9 Å². The van der Waals surface area contributed by atoms with Gasteiger partial charge in [-0.1, -0.05) is 0 Å². The lowest BCUT2D eigenvalue weighted by Crippen LogP contribution is -2.16. The normalized spacial score (nSPS) is 10.8. The van der Waals surface area contributed by atoms with Gasteiger partial charge in [0, 0.05) is 17.4 Å². The summed E-state index contributed by atoms with van der Waals surface area (Å²) >= 11 is 0. The van der Waals surface area contributed by atoms with Crippen LogP contribution in [0.25, 0.3) is 5.65 Å². The Morgan fingerprint density at radius 2 is 2.05 bits per heavy atom. The van der Waals surface area contributed by atoms with Crippen LogP contribution in [0.3, 0.4) is 0 Å². The zero-order valence-electron chi connectivity index (χ0n) is 11.6. The van der Waals surface area contributed by atoms with Crippen molar-refractivity contribution in [2.45, 2.75) is 13.8 Å². The van der Waals surface area contributed by atoms with E-state index < -0.39 is 0 Å². The van der Waals surface area contributed by atoms with Crippen LogP contribution < -0.4 is 5.32 Å². The quantitative estimate of drug-likeness (QED) is 0.787. The summed E-state index contributed by atoms with van der Waals surface area (Å²) in [6, 6.07) is 7.60. The van der Waals surface area contributed by atoms with Gasteiger partial charge in [-0.3, -0.25) is 4.79 Å². The first-order chi connectivity index (χ1) is 10.0. The zero-order valence-corrected chi connectivity index (χ0v) is 11.6. The van der Waals surface area contributed by atoms with E-state index >= 15 is 0 Å². The van der Waals surface area contributed by atoms with Gasteiger partial charge in [-0.2, -0.15) is 5.10 Å². The van der Waals surface area contributed by atoms with Gasteiger partial charge in [0.15, 0.2) is 5.65 Å². The van der Waals surface area contributed by atoms with Crippen molar-refractivity contribution in [1.82, 2.24) is 14.6 Å². The van der Waals surface area contributed by atoms with Crippen molar-refractivity contribution in [1.29, 1.82) is 0 Å². The van der Waals surface area contributed by atoms with E-state index in [9.17, 15) is 9.18 Å². The maximum Gasteiger partial charge on any atom is 0.274 e. The number of halogens is 1. The maximum atomic E-state index is 13.1. The smallest absolute Gasteiger partial charge is 0.274 e. The summed E-state index contributed by atoms with van der Waals surface area (Å²) < 4.78 is 14.7. The predicted octanol–water partition coefficient (Wildman–Crippen LogP) is 2.74. The molecule has 1 aromatic carbocycles. The summed E-state index contributed by atoms with van der Waals surface area (Å²) in [7, 11) is 0. The summed E-state index contributed by atoms with van der Waals surface area (Å²) in [5, 5.41) is 6.85. The van der Waals surface area contributed by atoms with Crippen LogP contribution in [0.4, 0.5) is 10.1 Å². The molecule has 0 bridgehead atoms. The van der Waals surface area contributed by atoms with E-state index in [1.165, 1.54) is 18.2 Å². The number of benzene rings is 1. The van der Waals surface area contributed by atoms with Gasteiger partial charge in [0.1, 0.15) is 11.5 Å². The average Bonchev–Trinajstić information content (AvgIpc) is 2.90. The highest BCUT2D eigenvalue weighted by Crippen LogP contribution is 2.17. The molecule has 2 aromatic heterocycles. The van der Waals surface area contributed by atoms with E-state index in [1.807, 2.05) is 6.92 Å². The Balaban J connectivity index is 1.93. The summed E-state index contributed by atoms with van der Waals surface area (Å²) in [5.41, 5.74) is 2.94.